The summed E-state index contributed by atoms with van der Waals surface area (Å²) in [7, 11) is 0. The molecule has 3 rings (SSSR count). The minimum absolute atomic E-state index is 0.136. The molecule has 0 spiro atoms. The molecule has 1 aliphatic heterocycles. The number of ether oxygens (including phenoxy) is 1. The molecule has 25 heavy (non-hydrogen) atoms. The molecule has 0 radical (unpaired) electrons. The average Bonchev–Trinajstić information content (AvgIpc) is 2.88. The predicted octanol–water partition coefficient (Wildman–Crippen LogP) is 2.57. The highest BCUT2D eigenvalue weighted by Gasteiger charge is 2.25. The van der Waals surface area contributed by atoms with Crippen LogP contribution >= 0.6 is 0 Å². The Morgan fingerprint density at radius 3 is 2.92 bits per heavy atom. The van der Waals surface area contributed by atoms with Crippen molar-refractivity contribution in [2.45, 2.75) is 38.8 Å². The van der Waals surface area contributed by atoms with E-state index in [0.717, 1.165) is 24.2 Å². The monoisotopic (exact) mass is 342 g/mol. The van der Waals surface area contributed by atoms with E-state index < -0.39 is 6.04 Å². The van der Waals surface area contributed by atoms with E-state index >= 15 is 0 Å². The maximum atomic E-state index is 12.5. The summed E-state index contributed by atoms with van der Waals surface area (Å²) in [6, 6.07) is 10.7. The van der Waals surface area contributed by atoms with Crippen LogP contribution in [0.25, 0.3) is 0 Å². The Bertz CT molecular complexity index is 739. The quantitative estimate of drug-likeness (QED) is 0.875. The van der Waals surface area contributed by atoms with Gasteiger partial charge in [-0.05, 0) is 44.4 Å². The number of rotatable bonds is 5. The smallest absolute Gasteiger partial charge is 0.287 e. The van der Waals surface area contributed by atoms with Crippen molar-refractivity contribution in [2.75, 3.05) is 6.54 Å². The molecule has 0 bridgehead atoms. The Morgan fingerprint density at radius 1 is 1.32 bits per heavy atom. The summed E-state index contributed by atoms with van der Waals surface area (Å²) in [6.07, 6.45) is 2.47. The maximum Gasteiger partial charge on any atom is 0.287 e. The van der Waals surface area contributed by atoms with Gasteiger partial charge in [0, 0.05) is 12.1 Å². The van der Waals surface area contributed by atoms with Crippen LogP contribution in [0, 0.1) is 6.92 Å². The number of amides is 2. The van der Waals surface area contributed by atoms with E-state index in [2.05, 4.69) is 10.6 Å². The summed E-state index contributed by atoms with van der Waals surface area (Å²) in [4.78, 5) is 24.4. The average molecular weight is 342 g/mol. The largest absolute Gasteiger partial charge is 0.486 e. The third-order valence-electron chi connectivity index (χ3n) is 4.14. The first kappa shape index (κ1) is 17.1. The number of hydrogen-bond acceptors (Lipinski definition) is 4. The summed E-state index contributed by atoms with van der Waals surface area (Å²) >= 11 is 0. The first-order valence-corrected chi connectivity index (χ1v) is 8.49. The van der Waals surface area contributed by atoms with Crippen molar-refractivity contribution in [2.24, 2.45) is 0 Å². The summed E-state index contributed by atoms with van der Waals surface area (Å²) in [5.41, 5.74) is 0.721. The number of nitrogens with one attached hydrogen (secondary N) is 2. The van der Waals surface area contributed by atoms with E-state index in [1.54, 1.807) is 13.0 Å². The fourth-order valence-electron chi connectivity index (χ4n) is 2.82. The summed E-state index contributed by atoms with van der Waals surface area (Å²) in [5, 5.41) is 5.57. The van der Waals surface area contributed by atoms with Crippen LogP contribution in [0.1, 0.15) is 41.1 Å². The third kappa shape index (κ3) is 4.41. The topological polar surface area (TPSA) is 80.6 Å². The van der Waals surface area contributed by atoms with Crippen molar-refractivity contribution in [3.8, 4) is 5.75 Å². The zero-order valence-electron chi connectivity index (χ0n) is 14.2. The lowest BCUT2D eigenvalue weighted by atomic mass is 10.1. The highest BCUT2D eigenvalue weighted by atomic mass is 16.5. The first-order valence-electron chi connectivity index (χ1n) is 8.49. The Balaban J connectivity index is 1.62. The van der Waals surface area contributed by atoms with Gasteiger partial charge in [0.15, 0.2) is 5.76 Å². The van der Waals surface area contributed by atoms with E-state index in [4.69, 9.17) is 9.15 Å². The highest BCUT2D eigenvalue weighted by molar-refractivity contribution is 5.96. The first-order chi connectivity index (χ1) is 12.1. The van der Waals surface area contributed by atoms with Gasteiger partial charge in [-0.15, -0.1) is 0 Å². The van der Waals surface area contributed by atoms with Gasteiger partial charge in [-0.1, -0.05) is 18.2 Å². The van der Waals surface area contributed by atoms with E-state index in [0.29, 0.717) is 18.7 Å². The lowest BCUT2D eigenvalue weighted by Crippen LogP contribution is -2.45. The number of para-hydroxylation sites is 1. The van der Waals surface area contributed by atoms with Crippen molar-refractivity contribution in [1.82, 2.24) is 10.6 Å². The molecular weight excluding hydrogens is 320 g/mol. The number of carbonyl (C=O) groups excluding carboxylic acids is 2. The van der Waals surface area contributed by atoms with Gasteiger partial charge in [-0.25, -0.2) is 0 Å². The van der Waals surface area contributed by atoms with Crippen LogP contribution in [0.3, 0.4) is 0 Å². The summed E-state index contributed by atoms with van der Waals surface area (Å²) in [5.74, 6) is 1.02. The van der Waals surface area contributed by atoms with Crippen LogP contribution in [-0.2, 0) is 11.4 Å². The van der Waals surface area contributed by atoms with Gasteiger partial charge < -0.3 is 19.8 Å². The maximum absolute atomic E-state index is 12.5. The lowest BCUT2D eigenvalue weighted by molar-refractivity contribution is -0.122. The normalized spacial score (nSPS) is 17.5. The molecule has 0 saturated carbocycles. The number of hydrogen-bond donors (Lipinski definition) is 2. The van der Waals surface area contributed by atoms with Crippen molar-refractivity contribution >= 4 is 11.8 Å². The minimum atomic E-state index is -0.511. The lowest BCUT2D eigenvalue weighted by Gasteiger charge is -2.14. The molecule has 2 aromatic rings. The molecule has 0 unspecified atom stereocenters. The molecule has 1 atom stereocenters. The number of carbonyl (C=O) groups is 2. The third-order valence-corrected chi connectivity index (χ3v) is 4.14. The molecule has 2 heterocycles. The van der Waals surface area contributed by atoms with Gasteiger partial charge >= 0.3 is 0 Å². The van der Waals surface area contributed by atoms with E-state index in [1.807, 2.05) is 30.3 Å². The predicted molar refractivity (Wildman–Crippen MR) is 92.3 cm³/mol. The van der Waals surface area contributed by atoms with Crippen molar-refractivity contribution in [1.29, 1.82) is 0 Å². The van der Waals surface area contributed by atoms with Gasteiger partial charge in [-0.2, -0.15) is 0 Å². The van der Waals surface area contributed by atoms with Crippen molar-refractivity contribution in [3.05, 3.63) is 53.5 Å². The van der Waals surface area contributed by atoms with E-state index in [-0.39, 0.29) is 24.2 Å². The molecule has 1 aromatic heterocycles. The van der Waals surface area contributed by atoms with Crippen LogP contribution in [0.5, 0.6) is 5.75 Å². The number of benzene rings is 1. The molecule has 0 aliphatic carbocycles. The molecule has 132 valence electrons. The van der Waals surface area contributed by atoms with E-state index in [9.17, 15) is 9.59 Å². The fraction of sp³-hybridized carbons (Fsp3) is 0.368. The van der Waals surface area contributed by atoms with E-state index in [1.165, 1.54) is 0 Å². The molecule has 1 aliphatic rings. The highest BCUT2D eigenvalue weighted by Crippen LogP contribution is 2.18. The number of aryl methyl sites for hydroxylation is 1. The van der Waals surface area contributed by atoms with Crippen LogP contribution in [0.2, 0.25) is 0 Å². The molecule has 2 N–H and O–H groups in total. The summed E-state index contributed by atoms with van der Waals surface area (Å²) in [6.45, 7) is 2.70. The number of furan rings is 1. The Labute approximate surface area is 146 Å². The molecule has 6 nitrogen and oxygen atoms in total. The van der Waals surface area contributed by atoms with Crippen LogP contribution in [0.4, 0.5) is 0 Å². The van der Waals surface area contributed by atoms with Crippen molar-refractivity contribution in [3.63, 3.8) is 0 Å². The van der Waals surface area contributed by atoms with Crippen LogP contribution in [0.15, 0.2) is 40.8 Å². The van der Waals surface area contributed by atoms with Gasteiger partial charge in [0.05, 0.1) is 0 Å². The molecule has 6 heteroatoms. The molecular formula is C19H22N2O4. The second-order valence-electron chi connectivity index (χ2n) is 6.14. The zero-order chi connectivity index (χ0) is 17.6. The van der Waals surface area contributed by atoms with Crippen LogP contribution < -0.4 is 15.4 Å². The van der Waals surface area contributed by atoms with Crippen LogP contribution in [-0.4, -0.2) is 24.4 Å². The second kappa shape index (κ2) is 7.88. The van der Waals surface area contributed by atoms with Gasteiger partial charge in [0.1, 0.15) is 24.2 Å². The molecule has 1 aromatic carbocycles. The standard InChI is InChI=1S/C19H22N2O4/c1-13-11-15(12-24-14-7-3-2-4-8-14)25-17(13)19(23)21-16-9-5-6-10-20-18(16)22/h2-4,7-8,11,16H,5-6,9-10,12H2,1H3,(H,20,22)(H,21,23)/t16-/m0/s1. The second-order valence-corrected chi connectivity index (χ2v) is 6.14. The Hall–Kier alpha value is -2.76. The SMILES string of the molecule is Cc1cc(COc2ccccc2)oc1C(=O)N[C@H]1CCCCNC1=O. The van der Waals surface area contributed by atoms with Gasteiger partial charge in [0.25, 0.3) is 5.91 Å². The summed E-state index contributed by atoms with van der Waals surface area (Å²) < 4.78 is 11.3. The minimum Gasteiger partial charge on any atom is -0.486 e. The van der Waals surface area contributed by atoms with Gasteiger partial charge in [-0.3, -0.25) is 9.59 Å². The molecule has 2 amide bonds. The van der Waals surface area contributed by atoms with Crippen molar-refractivity contribution < 1.29 is 18.7 Å². The Kier molecular flexibility index (Phi) is 5.38. The zero-order valence-corrected chi connectivity index (χ0v) is 14.2. The molecule has 1 saturated heterocycles. The molecule has 1 fully saturated rings. The van der Waals surface area contributed by atoms with Gasteiger partial charge in [0.2, 0.25) is 5.91 Å². The fourth-order valence-corrected chi connectivity index (χ4v) is 2.82. The Morgan fingerprint density at radius 2 is 2.12 bits per heavy atom.